The minimum absolute atomic E-state index is 0.263. The van der Waals surface area contributed by atoms with Crippen molar-refractivity contribution < 1.29 is 4.79 Å². The van der Waals surface area contributed by atoms with Gasteiger partial charge in [0.05, 0.1) is 0 Å². The van der Waals surface area contributed by atoms with E-state index in [0.29, 0.717) is 11.5 Å². The Hall–Kier alpha value is -1.70. The third kappa shape index (κ3) is 4.16. The molecule has 0 bridgehead atoms. The van der Waals surface area contributed by atoms with Crippen molar-refractivity contribution in [3.05, 3.63) is 45.7 Å². The van der Waals surface area contributed by atoms with Crippen LogP contribution in [0, 0.1) is 3.57 Å². The number of benzene rings is 1. The van der Waals surface area contributed by atoms with Crippen molar-refractivity contribution in [3.8, 4) is 0 Å². The van der Waals surface area contributed by atoms with Gasteiger partial charge in [-0.2, -0.15) is 0 Å². The predicted molar refractivity (Wildman–Crippen MR) is 87.9 cm³/mol. The summed E-state index contributed by atoms with van der Waals surface area (Å²) in [4.78, 5) is 12.0. The molecule has 0 radical (unpaired) electrons. The molecule has 0 atom stereocenters. The Morgan fingerprint density at radius 1 is 1.15 bits per heavy atom. The molecule has 0 saturated carbocycles. The van der Waals surface area contributed by atoms with Crippen molar-refractivity contribution in [2.24, 2.45) is 0 Å². The highest BCUT2D eigenvalue weighted by atomic mass is 127. The van der Waals surface area contributed by atoms with Crippen molar-refractivity contribution in [1.29, 1.82) is 0 Å². The number of rotatable bonds is 5. The molecule has 0 fully saturated rings. The lowest BCUT2D eigenvalue weighted by Gasteiger charge is -2.06. The first kappa shape index (κ1) is 14.7. The highest BCUT2D eigenvalue weighted by Crippen LogP contribution is 2.12. The second-order valence-electron chi connectivity index (χ2n) is 4.19. The maximum absolute atomic E-state index is 12.0. The van der Waals surface area contributed by atoms with E-state index in [1.54, 1.807) is 12.1 Å². The van der Waals surface area contributed by atoms with Crippen LogP contribution in [0.5, 0.6) is 0 Å². The summed E-state index contributed by atoms with van der Waals surface area (Å²) in [7, 11) is 0. The normalized spacial score (nSPS) is 10.1. The van der Waals surface area contributed by atoms with Crippen LogP contribution in [0.25, 0.3) is 0 Å². The van der Waals surface area contributed by atoms with Crippen LogP contribution in [0.1, 0.15) is 23.8 Å². The largest absolute Gasteiger partial charge is 0.369 e. The summed E-state index contributed by atoms with van der Waals surface area (Å²) in [5, 5.41) is 13.8. The van der Waals surface area contributed by atoms with E-state index in [4.69, 9.17) is 0 Å². The van der Waals surface area contributed by atoms with Crippen molar-refractivity contribution >= 4 is 40.0 Å². The van der Waals surface area contributed by atoms with Crippen molar-refractivity contribution in [2.75, 3.05) is 17.2 Å². The van der Waals surface area contributed by atoms with Gasteiger partial charge in [0.25, 0.3) is 5.91 Å². The quantitative estimate of drug-likeness (QED) is 0.780. The first-order valence-corrected chi connectivity index (χ1v) is 7.41. The molecule has 1 heterocycles. The fraction of sp³-hybridized carbons (Fsp3) is 0.214. The Bertz CT molecular complexity index is 569. The first-order chi connectivity index (χ1) is 9.69. The average molecular weight is 382 g/mol. The van der Waals surface area contributed by atoms with E-state index in [-0.39, 0.29) is 5.91 Å². The van der Waals surface area contributed by atoms with E-state index in [9.17, 15) is 4.79 Å². The van der Waals surface area contributed by atoms with Crippen LogP contribution in [-0.4, -0.2) is 22.6 Å². The fourth-order valence-electron chi connectivity index (χ4n) is 1.53. The Kier molecular flexibility index (Phi) is 5.28. The molecule has 0 aliphatic carbocycles. The second-order valence-corrected chi connectivity index (χ2v) is 5.44. The molecule has 0 aliphatic heterocycles. The molecular weight excluding hydrogens is 367 g/mol. The van der Waals surface area contributed by atoms with Gasteiger partial charge in [-0.05, 0) is 65.4 Å². The van der Waals surface area contributed by atoms with Crippen LogP contribution in [-0.2, 0) is 0 Å². The van der Waals surface area contributed by atoms with Gasteiger partial charge in [0.15, 0.2) is 5.69 Å². The van der Waals surface area contributed by atoms with E-state index in [1.807, 2.05) is 24.3 Å². The molecule has 104 valence electrons. The third-order valence-electron chi connectivity index (χ3n) is 2.56. The Labute approximate surface area is 131 Å². The van der Waals surface area contributed by atoms with Crippen molar-refractivity contribution in [2.45, 2.75) is 13.3 Å². The fourth-order valence-corrected chi connectivity index (χ4v) is 1.89. The SMILES string of the molecule is CCCNc1ccc(C(=O)Nc2ccc(I)cc2)nn1. The molecule has 2 N–H and O–H groups in total. The number of carbonyl (C=O) groups is 1. The van der Waals surface area contributed by atoms with Crippen LogP contribution >= 0.6 is 22.6 Å². The topological polar surface area (TPSA) is 66.9 Å². The molecule has 0 saturated heterocycles. The molecule has 0 aliphatic rings. The minimum Gasteiger partial charge on any atom is -0.369 e. The lowest BCUT2D eigenvalue weighted by molar-refractivity contribution is 0.102. The van der Waals surface area contributed by atoms with Crippen LogP contribution in [0.15, 0.2) is 36.4 Å². The molecule has 0 unspecified atom stereocenters. The minimum atomic E-state index is -0.263. The number of anilines is 2. The molecule has 1 amide bonds. The molecule has 5 nitrogen and oxygen atoms in total. The Morgan fingerprint density at radius 3 is 2.50 bits per heavy atom. The standard InChI is InChI=1S/C14H15IN4O/c1-2-9-16-13-8-7-12(18-19-13)14(20)17-11-5-3-10(15)4-6-11/h3-8H,2,9H2,1H3,(H,16,19)(H,17,20). The zero-order valence-corrected chi connectivity index (χ0v) is 13.2. The summed E-state index contributed by atoms with van der Waals surface area (Å²) in [6.07, 6.45) is 1.01. The van der Waals surface area contributed by atoms with Gasteiger partial charge >= 0.3 is 0 Å². The van der Waals surface area contributed by atoms with Crippen LogP contribution < -0.4 is 10.6 Å². The predicted octanol–water partition coefficient (Wildman–Crippen LogP) is 3.16. The molecule has 2 rings (SSSR count). The second kappa shape index (κ2) is 7.18. The maximum atomic E-state index is 12.0. The average Bonchev–Trinajstić information content (AvgIpc) is 2.48. The van der Waals surface area contributed by atoms with Crippen molar-refractivity contribution in [1.82, 2.24) is 10.2 Å². The van der Waals surface area contributed by atoms with Gasteiger partial charge in [-0.15, -0.1) is 10.2 Å². The van der Waals surface area contributed by atoms with Crippen LogP contribution in [0.2, 0.25) is 0 Å². The Morgan fingerprint density at radius 2 is 1.90 bits per heavy atom. The maximum Gasteiger partial charge on any atom is 0.276 e. The smallest absolute Gasteiger partial charge is 0.276 e. The van der Waals surface area contributed by atoms with E-state index < -0.39 is 0 Å². The highest BCUT2D eigenvalue weighted by molar-refractivity contribution is 14.1. The molecule has 20 heavy (non-hydrogen) atoms. The number of nitrogens with one attached hydrogen (secondary N) is 2. The lowest BCUT2D eigenvalue weighted by Crippen LogP contribution is -2.15. The molecule has 1 aromatic heterocycles. The van der Waals surface area contributed by atoms with Gasteiger partial charge in [0, 0.05) is 15.8 Å². The zero-order chi connectivity index (χ0) is 14.4. The van der Waals surface area contributed by atoms with Crippen LogP contribution in [0.3, 0.4) is 0 Å². The number of nitrogens with zero attached hydrogens (tertiary/aromatic N) is 2. The van der Waals surface area contributed by atoms with Gasteiger partial charge in [-0.3, -0.25) is 4.79 Å². The van der Waals surface area contributed by atoms with E-state index in [1.165, 1.54) is 0 Å². The summed E-state index contributed by atoms with van der Waals surface area (Å²) in [5.74, 6) is 0.415. The van der Waals surface area contributed by atoms with Gasteiger partial charge in [-0.25, -0.2) is 0 Å². The molecular formula is C14H15IN4O. The van der Waals surface area contributed by atoms with Gasteiger partial charge in [0.2, 0.25) is 0 Å². The molecule has 0 spiro atoms. The number of carbonyl (C=O) groups excluding carboxylic acids is 1. The van der Waals surface area contributed by atoms with Gasteiger partial charge in [0.1, 0.15) is 5.82 Å². The number of amides is 1. The number of hydrogen-bond donors (Lipinski definition) is 2. The first-order valence-electron chi connectivity index (χ1n) is 6.33. The summed E-state index contributed by atoms with van der Waals surface area (Å²) in [5.41, 5.74) is 1.04. The van der Waals surface area contributed by atoms with Crippen LogP contribution in [0.4, 0.5) is 11.5 Å². The van der Waals surface area contributed by atoms with E-state index >= 15 is 0 Å². The summed E-state index contributed by atoms with van der Waals surface area (Å²) in [6.45, 7) is 2.91. The molecule has 2 aromatic rings. The summed E-state index contributed by atoms with van der Waals surface area (Å²) < 4.78 is 1.12. The third-order valence-corrected chi connectivity index (χ3v) is 3.27. The monoisotopic (exact) mass is 382 g/mol. The van der Waals surface area contributed by atoms with Gasteiger partial charge in [-0.1, -0.05) is 6.92 Å². The number of hydrogen-bond acceptors (Lipinski definition) is 4. The van der Waals surface area contributed by atoms with Crippen molar-refractivity contribution in [3.63, 3.8) is 0 Å². The molecule has 1 aromatic carbocycles. The highest BCUT2D eigenvalue weighted by Gasteiger charge is 2.08. The van der Waals surface area contributed by atoms with E-state index in [0.717, 1.165) is 22.2 Å². The zero-order valence-electron chi connectivity index (χ0n) is 11.1. The van der Waals surface area contributed by atoms with Gasteiger partial charge < -0.3 is 10.6 Å². The number of aromatic nitrogens is 2. The number of halogens is 1. The molecule has 6 heteroatoms. The lowest BCUT2D eigenvalue weighted by atomic mass is 10.3. The van der Waals surface area contributed by atoms with E-state index in [2.05, 4.69) is 50.3 Å². The summed E-state index contributed by atoms with van der Waals surface area (Å²) >= 11 is 2.21. The Balaban J connectivity index is 2.00. The summed E-state index contributed by atoms with van der Waals surface area (Å²) in [6, 6.07) is 11.0.